The summed E-state index contributed by atoms with van der Waals surface area (Å²) in [5, 5.41) is 81.8. The fraction of sp³-hybridized carbons (Fsp3) is 0.429. The number of aliphatic hydroxyl groups excluding tert-OH is 8. The van der Waals surface area contributed by atoms with E-state index in [1.54, 1.807) is 0 Å². The summed E-state index contributed by atoms with van der Waals surface area (Å²) in [6.45, 7) is -2.42. The first kappa shape index (κ1) is 39.3. The smallest absolute Gasteiger partial charge is 0.186 e. The molecule has 20 nitrogen and oxygen atoms in total. The molecule has 0 radical (unpaired) electrons. The van der Waals surface area contributed by atoms with Crippen molar-refractivity contribution in [2.75, 3.05) is 25.1 Å². The molecule has 0 aliphatic carbocycles. The maximum atomic E-state index is 12.4. The van der Waals surface area contributed by atoms with Crippen LogP contribution in [0.3, 0.4) is 0 Å². The Labute approximate surface area is 288 Å². The van der Waals surface area contributed by atoms with Crippen molar-refractivity contribution < 1.29 is 89.2 Å². The summed E-state index contributed by atoms with van der Waals surface area (Å²) >= 11 is 0. The fourth-order valence-electron chi connectivity index (χ4n) is 5.95. The lowest BCUT2D eigenvalue weighted by atomic mass is 9.93. The lowest BCUT2D eigenvalue weighted by molar-refractivity contribution is -0.306. The fourth-order valence-corrected chi connectivity index (χ4v) is 8.13. The Kier molecular flexibility index (Phi) is 10.9. The van der Waals surface area contributed by atoms with E-state index in [0.717, 1.165) is 24.3 Å². The molecule has 0 aromatic heterocycles. The van der Waals surface area contributed by atoms with Gasteiger partial charge in [-0.05, 0) is 17.5 Å². The highest BCUT2D eigenvalue weighted by Crippen LogP contribution is 2.44. The maximum absolute atomic E-state index is 12.4. The number of nitrogens with one attached hydrogen (secondary N) is 1. The normalized spacial score (nSPS) is 24.6. The van der Waals surface area contributed by atoms with E-state index in [2.05, 4.69) is 5.32 Å². The Morgan fingerprint density at radius 3 is 1.63 bits per heavy atom. The predicted octanol–water partition coefficient (Wildman–Crippen LogP) is -4.03. The van der Waals surface area contributed by atoms with E-state index in [1.807, 2.05) is 0 Å². The second-order valence-corrected chi connectivity index (χ2v) is 15.8. The Bertz CT molecular complexity index is 2210. The molecule has 4 aromatic rings. The number of anilines is 1. The largest absolute Gasteiger partial charge is 0.744 e. The maximum Gasteiger partial charge on any atom is 0.186 e. The average molecular weight is 781 g/mol. The van der Waals surface area contributed by atoms with Crippen molar-refractivity contribution in [2.24, 2.45) is 0 Å². The van der Waals surface area contributed by atoms with Crippen molar-refractivity contribution in [3.05, 3.63) is 36.4 Å². The van der Waals surface area contributed by atoms with Gasteiger partial charge in [0.05, 0.1) is 34.0 Å². The lowest BCUT2D eigenvalue weighted by Gasteiger charge is -2.40. The third-order valence-corrected chi connectivity index (χ3v) is 11.1. The van der Waals surface area contributed by atoms with Crippen LogP contribution in [-0.2, 0) is 39.8 Å². The van der Waals surface area contributed by atoms with Gasteiger partial charge in [-0.2, -0.15) is 0 Å². The zero-order chi connectivity index (χ0) is 38.0. The first-order valence-corrected chi connectivity index (χ1v) is 18.8. The van der Waals surface area contributed by atoms with E-state index in [0.29, 0.717) is 6.07 Å². The van der Waals surface area contributed by atoms with E-state index in [4.69, 9.17) is 9.47 Å². The molecule has 9 atom stereocenters. The van der Waals surface area contributed by atoms with Gasteiger partial charge in [0.2, 0.25) is 0 Å². The van der Waals surface area contributed by atoms with Gasteiger partial charge in [-0.15, -0.1) is 0 Å². The number of rotatable bonds is 13. The molecule has 1 aliphatic heterocycles. The minimum absolute atomic E-state index is 0.0413. The van der Waals surface area contributed by atoms with Gasteiger partial charge in [-0.3, -0.25) is 0 Å². The quantitative estimate of drug-likeness (QED) is 0.0460. The molecule has 1 aliphatic rings. The van der Waals surface area contributed by atoms with Gasteiger partial charge in [0.25, 0.3) is 0 Å². The molecular weight excluding hydrogens is 750 g/mol. The summed E-state index contributed by atoms with van der Waals surface area (Å²) < 4.78 is 120. The summed E-state index contributed by atoms with van der Waals surface area (Å²) in [6.07, 6.45) is -16.8. The van der Waals surface area contributed by atoms with Crippen LogP contribution >= 0.6 is 0 Å². The van der Waals surface area contributed by atoms with Crippen LogP contribution in [0.5, 0.6) is 0 Å². The molecule has 1 fully saturated rings. The van der Waals surface area contributed by atoms with Crippen LogP contribution in [0.15, 0.2) is 51.1 Å². The zero-order valence-electron chi connectivity index (χ0n) is 25.6. The SMILES string of the molecule is O=S(=O)([O-])c1cc(NCC(O)C(O)C(O)C(O)CO[C@@H]2O[C@H](CO)[C@H](O)[C@H](O)[C@H]2O)c2ccc3c(S(=O)(=O)[O-])cc(S(=O)(=O)[O-])c4ccc1c2c34. The first-order chi connectivity index (χ1) is 23.6. The number of aliphatic hydroxyl groups is 8. The molecule has 9 N–H and O–H groups in total. The predicted molar refractivity (Wildman–Crippen MR) is 166 cm³/mol. The van der Waals surface area contributed by atoms with Crippen molar-refractivity contribution in [1.82, 2.24) is 0 Å². The second kappa shape index (κ2) is 14.1. The van der Waals surface area contributed by atoms with E-state index in [9.17, 15) is 79.8 Å². The standard InChI is InChI=1S/C28H33NO19S3/c30-8-17-25(35)26(36)27(37)28(48-17)47-9-16(32)24(34)23(33)15(31)7-29-14-5-18(49(38,39)40)11-3-4-13-20(51(44,45)46)6-19(50(41,42)43)12-2-1-10(14)21(11)22(12)13/h1-6,15-17,23-37H,7-9H2,(H,38,39,40)(H,41,42,43)(H,44,45,46)/p-3/t15?,16?,17-,23?,24?,25+,26+,27-,28-/m1/s1. The second-order valence-electron chi connectivity index (χ2n) is 11.8. The molecule has 0 spiro atoms. The highest BCUT2D eigenvalue weighted by molar-refractivity contribution is 7.87. The van der Waals surface area contributed by atoms with Gasteiger partial charge in [0.1, 0.15) is 73.1 Å². The first-order valence-electron chi connectivity index (χ1n) is 14.6. The topological polar surface area (TPSA) is 364 Å². The highest BCUT2D eigenvalue weighted by Gasteiger charge is 2.44. The summed E-state index contributed by atoms with van der Waals surface area (Å²) in [5.41, 5.74) is -0.277. The summed E-state index contributed by atoms with van der Waals surface area (Å²) in [4.78, 5) is -3.17. The Balaban J connectivity index is 1.46. The average Bonchev–Trinajstić information content (AvgIpc) is 3.05. The van der Waals surface area contributed by atoms with Gasteiger partial charge in [0, 0.05) is 39.2 Å². The molecule has 0 saturated carbocycles. The molecule has 0 bridgehead atoms. The molecule has 4 unspecified atom stereocenters. The summed E-state index contributed by atoms with van der Waals surface area (Å²) in [7, 11) is -16.2. The van der Waals surface area contributed by atoms with Crippen LogP contribution in [0.4, 0.5) is 5.69 Å². The Morgan fingerprint density at radius 1 is 0.686 bits per heavy atom. The van der Waals surface area contributed by atoms with Crippen molar-refractivity contribution in [3.8, 4) is 0 Å². The minimum Gasteiger partial charge on any atom is -0.744 e. The third-order valence-electron chi connectivity index (χ3n) is 8.51. The van der Waals surface area contributed by atoms with Crippen LogP contribution in [0.25, 0.3) is 32.3 Å². The third kappa shape index (κ3) is 7.47. The molecule has 4 aromatic carbocycles. The monoisotopic (exact) mass is 780 g/mol. The van der Waals surface area contributed by atoms with Crippen LogP contribution in [0.1, 0.15) is 0 Å². The Morgan fingerprint density at radius 2 is 1.14 bits per heavy atom. The summed E-state index contributed by atoms with van der Waals surface area (Å²) in [6, 6.07) is 5.40. The number of hydrogen-bond donors (Lipinski definition) is 9. The van der Waals surface area contributed by atoms with E-state index < -0.39 is 131 Å². The van der Waals surface area contributed by atoms with Crippen LogP contribution < -0.4 is 5.32 Å². The van der Waals surface area contributed by atoms with Gasteiger partial charge >= 0.3 is 0 Å². The molecule has 0 amide bonds. The van der Waals surface area contributed by atoms with Crippen molar-refractivity contribution in [3.63, 3.8) is 0 Å². The van der Waals surface area contributed by atoms with Gasteiger partial charge < -0.3 is 69.3 Å². The van der Waals surface area contributed by atoms with Crippen molar-refractivity contribution >= 4 is 68.4 Å². The van der Waals surface area contributed by atoms with Gasteiger partial charge in [-0.1, -0.05) is 24.3 Å². The van der Waals surface area contributed by atoms with Crippen LogP contribution in [-0.4, -0.2) is 155 Å². The molecule has 282 valence electrons. The number of benzene rings is 4. The van der Waals surface area contributed by atoms with Gasteiger partial charge in [-0.25, -0.2) is 25.3 Å². The molecule has 23 heteroatoms. The van der Waals surface area contributed by atoms with E-state index in [1.165, 1.54) is 6.07 Å². The minimum atomic E-state index is -5.44. The van der Waals surface area contributed by atoms with E-state index >= 15 is 0 Å². The van der Waals surface area contributed by atoms with E-state index in [-0.39, 0.29) is 27.2 Å². The molecule has 5 rings (SSSR count). The number of hydrogen-bond acceptors (Lipinski definition) is 20. The zero-order valence-corrected chi connectivity index (χ0v) is 28.0. The molecule has 1 saturated heterocycles. The Hall–Kier alpha value is -2.95. The highest BCUT2D eigenvalue weighted by atomic mass is 32.2. The van der Waals surface area contributed by atoms with Crippen LogP contribution in [0, 0.1) is 0 Å². The van der Waals surface area contributed by atoms with Crippen LogP contribution in [0.2, 0.25) is 0 Å². The van der Waals surface area contributed by atoms with Crippen molar-refractivity contribution in [1.29, 1.82) is 0 Å². The number of ether oxygens (including phenoxy) is 2. The van der Waals surface area contributed by atoms with Gasteiger partial charge in [0.15, 0.2) is 6.29 Å². The summed E-state index contributed by atoms with van der Waals surface area (Å²) in [5.74, 6) is 0. The molecular formula is C28H30NO19S3-3. The lowest BCUT2D eigenvalue weighted by Crippen LogP contribution is -2.59. The molecule has 1 heterocycles. The molecule has 51 heavy (non-hydrogen) atoms. The van der Waals surface area contributed by atoms with Crippen molar-refractivity contribution in [2.45, 2.75) is 69.8 Å².